The molecule has 3 rings (SSSR count). The number of hydrogen-bond donors (Lipinski definition) is 2. The van der Waals surface area contributed by atoms with E-state index in [2.05, 4.69) is 4.90 Å². The van der Waals surface area contributed by atoms with E-state index in [1.807, 2.05) is 0 Å². The van der Waals surface area contributed by atoms with Crippen molar-refractivity contribution < 1.29 is 19.7 Å². The summed E-state index contributed by atoms with van der Waals surface area (Å²) in [5.74, 6) is 0. The molecule has 0 amide bonds. The zero-order chi connectivity index (χ0) is 11.9. The molecule has 5 nitrogen and oxygen atoms in total. The molecule has 17 heavy (non-hydrogen) atoms. The van der Waals surface area contributed by atoms with E-state index in [1.165, 1.54) is 6.42 Å². The Balaban J connectivity index is 1.52. The third kappa shape index (κ3) is 2.11. The van der Waals surface area contributed by atoms with Crippen LogP contribution in [0.3, 0.4) is 0 Å². The van der Waals surface area contributed by atoms with Crippen molar-refractivity contribution >= 4 is 0 Å². The van der Waals surface area contributed by atoms with Crippen molar-refractivity contribution in [1.29, 1.82) is 0 Å². The lowest BCUT2D eigenvalue weighted by molar-refractivity contribution is -0.113. The second-order valence-corrected chi connectivity index (χ2v) is 5.47. The number of aliphatic hydroxyl groups is 2. The molecule has 0 aromatic carbocycles. The first-order valence-corrected chi connectivity index (χ1v) is 6.54. The molecule has 0 aromatic heterocycles. The number of nitrogens with zero attached hydrogens (tertiary/aromatic N) is 1. The summed E-state index contributed by atoms with van der Waals surface area (Å²) in [6.07, 6.45) is 1.75. The van der Waals surface area contributed by atoms with Crippen molar-refractivity contribution in [2.24, 2.45) is 0 Å². The summed E-state index contributed by atoms with van der Waals surface area (Å²) in [6, 6.07) is 0. The van der Waals surface area contributed by atoms with Crippen molar-refractivity contribution in [2.75, 3.05) is 32.8 Å². The molecule has 0 radical (unpaired) electrons. The average molecular weight is 243 g/mol. The second kappa shape index (κ2) is 4.48. The lowest BCUT2D eigenvalue weighted by Gasteiger charge is -2.42. The molecule has 1 spiro atoms. The van der Waals surface area contributed by atoms with Gasteiger partial charge in [0.2, 0.25) is 0 Å². The van der Waals surface area contributed by atoms with E-state index < -0.39 is 17.8 Å². The number of rotatable bonds is 2. The molecule has 0 aliphatic carbocycles. The van der Waals surface area contributed by atoms with Crippen LogP contribution in [-0.4, -0.2) is 71.9 Å². The van der Waals surface area contributed by atoms with E-state index in [4.69, 9.17) is 9.47 Å². The molecular weight excluding hydrogens is 222 g/mol. The molecule has 5 heteroatoms. The Bertz CT molecular complexity index is 274. The number of aliphatic hydroxyl groups excluding tert-OH is 2. The maximum atomic E-state index is 9.98. The summed E-state index contributed by atoms with van der Waals surface area (Å²) in [5.41, 5.74) is -0.490. The molecule has 3 aliphatic rings. The molecule has 3 aliphatic heterocycles. The molecule has 0 aromatic rings. The van der Waals surface area contributed by atoms with Gasteiger partial charge in [-0.25, -0.2) is 0 Å². The Morgan fingerprint density at radius 3 is 2.41 bits per heavy atom. The smallest absolute Gasteiger partial charge is 0.111 e. The standard InChI is InChI=1S/C12H21NO4/c14-10-8-17-12(11(10)15)2-4-13(5-3-12)7-9-1-6-16-9/h9-11,14-15H,1-8H2/t9?,10-,11-/m1/s1. The van der Waals surface area contributed by atoms with Gasteiger partial charge in [-0.1, -0.05) is 0 Å². The second-order valence-electron chi connectivity index (χ2n) is 5.47. The zero-order valence-electron chi connectivity index (χ0n) is 10.0. The fourth-order valence-corrected chi connectivity index (χ4v) is 3.05. The summed E-state index contributed by atoms with van der Waals surface area (Å²) in [5, 5.41) is 19.5. The van der Waals surface area contributed by atoms with Crippen LogP contribution in [0, 0.1) is 0 Å². The van der Waals surface area contributed by atoms with E-state index >= 15 is 0 Å². The molecular formula is C12H21NO4. The fraction of sp³-hybridized carbons (Fsp3) is 1.00. The number of hydrogen-bond acceptors (Lipinski definition) is 5. The first-order chi connectivity index (χ1) is 8.20. The van der Waals surface area contributed by atoms with Gasteiger partial charge in [0.1, 0.15) is 12.2 Å². The van der Waals surface area contributed by atoms with Gasteiger partial charge in [0.05, 0.1) is 18.3 Å². The molecule has 0 saturated carbocycles. The van der Waals surface area contributed by atoms with Gasteiger partial charge in [0, 0.05) is 26.2 Å². The summed E-state index contributed by atoms with van der Waals surface area (Å²) < 4.78 is 11.1. The zero-order valence-corrected chi connectivity index (χ0v) is 10.0. The Hall–Kier alpha value is -0.200. The van der Waals surface area contributed by atoms with Gasteiger partial charge in [-0.3, -0.25) is 0 Å². The highest BCUT2D eigenvalue weighted by molar-refractivity contribution is 5.01. The fourth-order valence-electron chi connectivity index (χ4n) is 3.05. The number of piperidine rings is 1. The van der Waals surface area contributed by atoms with Crippen molar-refractivity contribution in [1.82, 2.24) is 4.90 Å². The van der Waals surface area contributed by atoms with Crippen molar-refractivity contribution in [3.63, 3.8) is 0 Å². The summed E-state index contributed by atoms with van der Waals surface area (Å²) >= 11 is 0. The SMILES string of the molecule is O[C@@H]1COC2(CCN(CC3CCO3)CC2)[C@@H]1O. The summed E-state index contributed by atoms with van der Waals surface area (Å²) in [4.78, 5) is 2.37. The van der Waals surface area contributed by atoms with Gasteiger partial charge in [0.15, 0.2) is 0 Å². The highest BCUT2D eigenvalue weighted by atomic mass is 16.5. The van der Waals surface area contributed by atoms with Crippen LogP contribution in [0.15, 0.2) is 0 Å². The van der Waals surface area contributed by atoms with Crippen LogP contribution in [0.4, 0.5) is 0 Å². The molecule has 3 atom stereocenters. The van der Waals surface area contributed by atoms with E-state index in [0.717, 1.165) is 39.1 Å². The largest absolute Gasteiger partial charge is 0.388 e. The quantitative estimate of drug-likeness (QED) is 0.675. The van der Waals surface area contributed by atoms with Gasteiger partial charge in [-0.05, 0) is 19.3 Å². The third-order valence-corrected chi connectivity index (χ3v) is 4.40. The Morgan fingerprint density at radius 1 is 1.24 bits per heavy atom. The Labute approximate surface area is 101 Å². The van der Waals surface area contributed by atoms with Gasteiger partial charge in [-0.2, -0.15) is 0 Å². The summed E-state index contributed by atoms with van der Waals surface area (Å²) in [6.45, 7) is 4.01. The van der Waals surface area contributed by atoms with E-state index in [9.17, 15) is 10.2 Å². The average Bonchev–Trinajstić information content (AvgIpc) is 2.56. The van der Waals surface area contributed by atoms with Gasteiger partial charge in [-0.15, -0.1) is 0 Å². The normalized spacial score (nSPS) is 41.6. The highest BCUT2D eigenvalue weighted by Gasteiger charge is 2.50. The lowest BCUT2D eigenvalue weighted by Crippen LogP contribution is -2.53. The summed E-state index contributed by atoms with van der Waals surface area (Å²) in [7, 11) is 0. The van der Waals surface area contributed by atoms with Crippen molar-refractivity contribution in [3.05, 3.63) is 0 Å². The number of likely N-dealkylation sites (tertiary alicyclic amines) is 1. The first-order valence-electron chi connectivity index (χ1n) is 6.54. The van der Waals surface area contributed by atoms with Gasteiger partial charge < -0.3 is 24.6 Å². The van der Waals surface area contributed by atoms with Crippen LogP contribution in [0.2, 0.25) is 0 Å². The maximum Gasteiger partial charge on any atom is 0.111 e. The minimum absolute atomic E-state index is 0.271. The Morgan fingerprint density at radius 2 is 1.94 bits per heavy atom. The van der Waals surface area contributed by atoms with Crippen LogP contribution in [0.1, 0.15) is 19.3 Å². The molecule has 1 unspecified atom stereocenters. The predicted octanol–water partition coefficient (Wildman–Crippen LogP) is -0.638. The Kier molecular flexibility index (Phi) is 3.13. The van der Waals surface area contributed by atoms with Gasteiger partial charge in [0.25, 0.3) is 0 Å². The van der Waals surface area contributed by atoms with Crippen LogP contribution in [0.25, 0.3) is 0 Å². The van der Waals surface area contributed by atoms with Crippen LogP contribution in [-0.2, 0) is 9.47 Å². The topological polar surface area (TPSA) is 62.2 Å². The minimum Gasteiger partial charge on any atom is -0.388 e. The third-order valence-electron chi connectivity index (χ3n) is 4.40. The lowest BCUT2D eigenvalue weighted by atomic mass is 9.85. The van der Waals surface area contributed by atoms with Gasteiger partial charge >= 0.3 is 0 Å². The van der Waals surface area contributed by atoms with Crippen molar-refractivity contribution in [2.45, 2.75) is 43.2 Å². The predicted molar refractivity (Wildman–Crippen MR) is 60.7 cm³/mol. The van der Waals surface area contributed by atoms with E-state index in [-0.39, 0.29) is 6.61 Å². The molecule has 98 valence electrons. The maximum absolute atomic E-state index is 9.98. The van der Waals surface area contributed by atoms with Crippen molar-refractivity contribution in [3.8, 4) is 0 Å². The molecule has 3 heterocycles. The molecule has 3 fully saturated rings. The van der Waals surface area contributed by atoms with E-state index in [1.54, 1.807) is 0 Å². The highest BCUT2D eigenvalue weighted by Crippen LogP contribution is 2.36. The number of ether oxygens (including phenoxy) is 2. The molecule has 2 N–H and O–H groups in total. The van der Waals surface area contributed by atoms with Crippen LogP contribution in [0.5, 0.6) is 0 Å². The van der Waals surface area contributed by atoms with E-state index in [0.29, 0.717) is 6.10 Å². The minimum atomic E-state index is -0.718. The van der Waals surface area contributed by atoms with Crippen LogP contribution >= 0.6 is 0 Å². The van der Waals surface area contributed by atoms with Crippen LogP contribution < -0.4 is 0 Å². The monoisotopic (exact) mass is 243 g/mol. The molecule has 0 bridgehead atoms. The molecule has 3 saturated heterocycles. The first kappa shape index (κ1) is 11.9.